The lowest BCUT2D eigenvalue weighted by molar-refractivity contribution is -0.155. The van der Waals surface area contributed by atoms with Gasteiger partial charge in [-0.2, -0.15) is 16.3 Å². The maximum atomic E-state index is 12.1. The summed E-state index contributed by atoms with van der Waals surface area (Å²) in [5.74, 6) is 0.201. The van der Waals surface area contributed by atoms with E-state index in [9.17, 15) is 9.59 Å². The highest BCUT2D eigenvalue weighted by atomic mass is 32.1. The van der Waals surface area contributed by atoms with Crippen LogP contribution in [0.2, 0.25) is 0 Å². The number of nitrogens with one attached hydrogen (secondary N) is 1. The van der Waals surface area contributed by atoms with Crippen molar-refractivity contribution in [2.24, 2.45) is 0 Å². The van der Waals surface area contributed by atoms with Crippen molar-refractivity contribution in [2.45, 2.75) is 64.0 Å². The maximum absolute atomic E-state index is 12.1. The maximum Gasteiger partial charge on any atom is 0.307 e. The van der Waals surface area contributed by atoms with Crippen LogP contribution in [0.3, 0.4) is 0 Å². The molecule has 1 atom stereocenters. The Morgan fingerprint density at radius 3 is 2.92 bits per heavy atom. The number of rotatable bonds is 7. The van der Waals surface area contributed by atoms with Crippen LogP contribution in [0.4, 0.5) is 0 Å². The van der Waals surface area contributed by atoms with E-state index in [0.29, 0.717) is 11.7 Å². The standard InChI is InChI=1S/C18H23N3O4S/c1-12(18(23)19-14-5-3-2-4-6-14)24-16(22)8-7-15-20-17(21-25-15)13-9-10-26-11-13/h9-12,14H,2-8H2,1H3,(H,19,23)/t12-/m0/s1. The van der Waals surface area contributed by atoms with Crippen LogP contribution in [0.1, 0.15) is 51.3 Å². The Labute approximate surface area is 156 Å². The summed E-state index contributed by atoms with van der Waals surface area (Å²) >= 11 is 1.55. The fourth-order valence-electron chi connectivity index (χ4n) is 2.95. The molecule has 0 bridgehead atoms. The van der Waals surface area contributed by atoms with Crippen LogP contribution in [0.15, 0.2) is 21.3 Å². The molecule has 0 unspecified atom stereocenters. The molecule has 8 heteroatoms. The van der Waals surface area contributed by atoms with Gasteiger partial charge in [0.1, 0.15) is 0 Å². The highest BCUT2D eigenvalue weighted by Gasteiger charge is 2.22. The fraction of sp³-hybridized carbons (Fsp3) is 0.556. The van der Waals surface area contributed by atoms with Crippen molar-refractivity contribution in [3.05, 3.63) is 22.7 Å². The first-order chi connectivity index (χ1) is 12.6. The fourth-order valence-corrected chi connectivity index (χ4v) is 3.58. The average molecular weight is 377 g/mol. The van der Waals surface area contributed by atoms with E-state index in [2.05, 4.69) is 15.5 Å². The van der Waals surface area contributed by atoms with Gasteiger partial charge in [-0.3, -0.25) is 9.59 Å². The zero-order chi connectivity index (χ0) is 18.4. The largest absolute Gasteiger partial charge is 0.453 e. The lowest BCUT2D eigenvalue weighted by atomic mass is 9.95. The van der Waals surface area contributed by atoms with Gasteiger partial charge in [0, 0.05) is 23.4 Å². The van der Waals surface area contributed by atoms with E-state index >= 15 is 0 Å². The van der Waals surface area contributed by atoms with Crippen molar-refractivity contribution < 1.29 is 18.8 Å². The number of carbonyl (C=O) groups is 2. The summed E-state index contributed by atoms with van der Waals surface area (Å²) in [5, 5.41) is 10.7. The molecule has 1 fully saturated rings. The van der Waals surface area contributed by atoms with E-state index in [1.807, 2.05) is 16.8 Å². The topological polar surface area (TPSA) is 94.3 Å². The summed E-state index contributed by atoms with van der Waals surface area (Å²) < 4.78 is 10.4. The van der Waals surface area contributed by atoms with Crippen LogP contribution < -0.4 is 5.32 Å². The van der Waals surface area contributed by atoms with Gasteiger partial charge in [-0.15, -0.1) is 0 Å². The number of thiophene rings is 1. The lowest BCUT2D eigenvalue weighted by Gasteiger charge is -2.24. The van der Waals surface area contributed by atoms with Crippen molar-refractivity contribution in [1.29, 1.82) is 0 Å². The number of amides is 1. The molecule has 0 saturated heterocycles. The van der Waals surface area contributed by atoms with Crippen LogP contribution in [-0.4, -0.2) is 34.2 Å². The number of hydrogen-bond donors (Lipinski definition) is 1. The van der Waals surface area contributed by atoms with Crippen molar-refractivity contribution in [1.82, 2.24) is 15.5 Å². The summed E-state index contributed by atoms with van der Waals surface area (Å²) in [6, 6.07) is 2.10. The van der Waals surface area contributed by atoms with Crippen molar-refractivity contribution in [2.75, 3.05) is 0 Å². The molecule has 1 aliphatic rings. The van der Waals surface area contributed by atoms with E-state index in [-0.39, 0.29) is 24.8 Å². The van der Waals surface area contributed by atoms with Crippen molar-refractivity contribution in [3.63, 3.8) is 0 Å². The first-order valence-electron chi connectivity index (χ1n) is 8.97. The van der Waals surface area contributed by atoms with Crippen LogP contribution in [0, 0.1) is 0 Å². The van der Waals surface area contributed by atoms with Gasteiger partial charge in [0.05, 0.1) is 6.42 Å². The van der Waals surface area contributed by atoms with E-state index in [1.165, 1.54) is 6.42 Å². The number of esters is 1. The Bertz CT molecular complexity index is 723. The van der Waals surface area contributed by atoms with Crippen LogP contribution >= 0.6 is 11.3 Å². The SMILES string of the molecule is C[C@H](OC(=O)CCc1nc(-c2ccsc2)no1)C(=O)NC1CCCCC1. The number of carbonyl (C=O) groups excluding carboxylic acids is 2. The molecule has 1 saturated carbocycles. The Kier molecular flexibility index (Phi) is 6.38. The number of aromatic nitrogens is 2. The summed E-state index contributed by atoms with van der Waals surface area (Å²) in [7, 11) is 0. The highest BCUT2D eigenvalue weighted by Crippen LogP contribution is 2.19. The first kappa shape index (κ1) is 18.6. The molecule has 2 aromatic heterocycles. The Morgan fingerprint density at radius 1 is 1.38 bits per heavy atom. The normalized spacial score (nSPS) is 16.2. The zero-order valence-corrected chi connectivity index (χ0v) is 15.6. The third-order valence-corrected chi connectivity index (χ3v) is 5.10. The number of ether oxygens (including phenoxy) is 1. The summed E-state index contributed by atoms with van der Waals surface area (Å²) in [5.41, 5.74) is 0.889. The van der Waals surface area contributed by atoms with E-state index in [1.54, 1.807) is 18.3 Å². The van der Waals surface area contributed by atoms with Crippen LogP contribution in [-0.2, 0) is 20.7 Å². The van der Waals surface area contributed by atoms with Gasteiger partial charge in [-0.05, 0) is 31.2 Å². The molecule has 1 N–H and O–H groups in total. The highest BCUT2D eigenvalue weighted by molar-refractivity contribution is 7.08. The average Bonchev–Trinajstić information content (AvgIpc) is 3.32. The van der Waals surface area contributed by atoms with E-state index in [4.69, 9.17) is 9.26 Å². The molecule has 0 aliphatic heterocycles. The van der Waals surface area contributed by atoms with Crippen LogP contribution in [0.5, 0.6) is 0 Å². The molecular formula is C18H23N3O4S. The molecule has 140 valence electrons. The van der Waals surface area contributed by atoms with Gasteiger partial charge in [-0.25, -0.2) is 0 Å². The van der Waals surface area contributed by atoms with Gasteiger partial charge in [-0.1, -0.05) is 24.4 Å². The van der Waals surface area contributed by atoms with E-state index in [0.717, 1.165) is 31.2 Å². The molecule has 1 amide bonds. The molecule has 0 radical (unpaired) electrons. The third kappa shape index (κ3) is 5.14. The molecule has 1 aliphatic carbocycles. The predicted molar refractivity (Wildman–Crippen MR) is 96.5 cm³/mol. The molecule has 3 rings (SSSR count). The van der Waals surface area contributed by atoms with Crippen molar-refractivity contribution >= 4 is 23.2 Å². The third-order valence-electron chi connectivity index (χ3n) is 4.42. The Hall–Kier alpha value is -2.22. The second-order valence-corrected chi connectivity index (χ2v) is 7.28. The van der Waals surface area contributed by atoms with E-state index < -0.39 is 12.1 Å². The van der Waals surface area contributed by atoms with Gasteiger partial charge >= 0.3 is 5.97 Å². The zero-order valence-electron chi connectivity index (χ0n) is 14.8. The predicted octanol–water partition coefficient (Wildman–Crippen LogP) is 3.11. The smallest absolute Gasteiger partial charge is 0.307 e. The van der Waals surface area contributed by atoms with Gasteiger partial charge < -0.3 is 14.6 Å². The molecule has 0 spiro atoms. The summed E-state index contributed by atoms with van der Waals surface area (Å²) in [4.78, 5) is 28.4. The lowest BCUT2D eigenvalue weighted by Crippen LogP contribution is -2.42. The summed E-state index contributed by atoms with van der Waals surface area (Å²) in [6.45, 7) is 1.59. The quantitative estimate of drug-likeness (QED) is 0.745. The molecule has 7 nitrogen and oxygen atoms in total. The monoisotopic (exact) mass is 377 g/mol. The summed E-state index contributed by atoms with van der Waals surface area (Å²) in [6.07, 6.45) is 5.06. The molecule has 0 aromatic carbocycles. The Morgan fingerprint density at radius 2 is 2.19 bits per heavy atom. The minimum atomic E-state index is -0.798. The van der Waals surface area contributed by atoms with Crippen LogP contribution in [0.25, 0.3) is 11.4 Å². The first-order valence-corrected chi connectivity index (χ1v) is 9.91. The minimum Gasteiger partial charge on any atom is -0.453 e. The molecule has 2 heterocycles. The van der Waals surface area contributed by atoms with Gasteiger partial charge in [0.2, 0.25) is 11.7 Å². The van der Waals surface area contributed by atoms with Gasteiger partial charge in [0.25, 0.3) is 5.91 Å². The number of aryl methyl sites for hydroxylation is 1. The Balaban J connectivity index is 1.41. The molecular weight excluding hydrogens is 354 g/mol. The number of nitrogens with zero attached hydrogens (tertiary/aromatic N) is 2. The minimum absolute atomic E-state index is 0.0896. The molecule has 26 heavy (non-hydrogen) atoms. The van der Waals surface area contributed by atoms with Crippen molar-refractivity contribution in [3.8, 4) is 11.4 Å². The second-order valence-electron chi connectivity index (χ2n) is 6.50. The second kappa shape index (κ2) is 8.93. The number of hydrogen-bond acceptors (Lipinski definition) is 7. The molecule has 2 aromatic rings. The van der Waals surface area contributed by atoms with Gasteiger partial charge in [0.15, 0.2) is 6.10 Å².